The number of hydrogen-bond acceptors (Lipinski definition) is 3. The average Bonchev–Trinajstić information content (AvgIpc) is 3.88. The molecule has 1 aromatic heterocycles. The monoisotopic (exact) mass is 714 g/mol. The molecular formula is C52H34N4. The Morgan fingerprint density at radius 3 is 1.48 bits per heavy atom. The Kier molecular flexibility index (Phi) is 7.36. The van der Waals surface area contributed by atoms with Crippen molar-refractivity contribution in [1.29, 1.82) is 0 Å². The second-order valence-corrected chi connectivity index (χ2v) is 14.4. The summed E-state index contributed by atoms with van der Waals surface area (Å²) in [6, 6.07) is 73.1. The van der Waals surface area contributed by atoms with Gasteiger partial charge >= 0.3 is 0 Å². The first-order valence-electron chi connectivity index (χ1n) is 19.0. The van der Waals surface area contributed by atoms with Crippen molar-refractivity contribution in [2.45, 2.75) is 5.66 Å². The second-order valence-electron chi connectivity index (χ2n) is 14.4. The van der Waals surface area contributed by atoms with Crippen LogP contribution in [0, 0.1) is 0 Å². The molecule has 4 bridgehead atoms. The van der Waals surface area contributed by atoms with Gasteiger partial charge < -0.3 is 0 Å². The summed E-state index contributed by atoms with van der Waals surface area (Å²) in [4.78, 5) is 17.0. The molecule has 5 aliphatic rings. The maximum atomic E-state index is 5.87. The van der Waals surface area contributed by atoms with Crippen LogP contribution < -0.4 is 0 Å². The molecule has 5 aliphatic heterocycles. The van der Waals surface area contributed by atoms with Gasteiger partial charge in [0, 0.05) is 33.4 Å². The minimum absolute atomic E-state index is 0.670. The van der Waals surface area contributed by atoms with Gasteiger partial charge in [-0.05, 0) is 33.0 Å². The third kappa shape index (κ3) is 4.96. The van der Waals surface area contributed by atoms with E-state index in [1.54, 1.807) is 0 Å². The summed E-state index contributed by atoms with van der Waals surface area (Å²) in [5, 5.41) is 2.44. The molecule has 0 fully saturated rings. The normalized spacial score (nSPS) is 15.4. The van der Waals surface area contributed by atoms with Crippen molar-refractivity contribution in [2.75, 3.05) is 0 Å². The molecule has 4 heteroatoms. The van der Waals surface area contributed by atoms with Crippen molar-refractivity contribution in [3.8, 4) is 56.2 Å². The van der Waals surface area contributed by atoms with E-state index in [9.17, 15) is 0 Å². The van der Waals surface area contributed by atoms with Crippen LogP contribution in [0.1, 0.15) is 16.7 Å². The summed E-state index contributed by atoms with van der Waals surface area (Å²) in [6.07, 6.45) is 0. The molecule has 0 radical (unpaired) electrons. The predicted molar refractivity (Wildman–Crippen MR) is 230 cm³/mol. The molecule has 1 unspecified atom stereocenters. The van der Waals surface area contributed by atoms with E-state index in [0.29, 0.717) is 5.84 Å². The molecule has 56 heavy (non-hydrogen) atoms. The fraction of sp³-hybridized carbons (Fsp3) is 0.0192. The SMILES string of the molecule is c1ccc(C2=NC3(C(c4ccccc4)=N2)c2ccc(cc2)-c2cccc4cccc(c24)-c2ccc(cc2)-c2c(-c4ccccc4)nc(-c4ccccc4)n23)cc1. The second kappa shape index (κ2) is 12.9. The zero-order valence-corrected chi connectivity index (χ0v) is 30.4. The Hall–Kier alpha value is -7.43. The molecular weight excluding hydrogens is 681 g/mol. The smallest absolute Gasteiger partial charge is 0.209 e. The minimum atomic E-state index is -1.17. The summed E-state index contributed by atoms with van der Waals surface area (Å²) in [5.74, 6) is 1.47. The molecule has 1 atom stereocenters. The molecule has 4 nitrogen and oxygen atoms in total. The summed E-state index contributed by atoms with van der Waals surface area (Å²) >= 11 is 0. The Bertz CT molecular complexity index is 2960. The quantitative estimate of drug-likeness (QED) is 0.179. The first-order chi connectivity index (χ1) is 27.8. The molecule has 0 amide bonds. The third-order valence-electron chi connectivity index (χ3n) is 11.1. The highest BCUT2D eigenvalue weighted by Crippen LogP contribution is 2.48. The van der Waals surface area contributed by atoms with Gasteiger partial charge in [0.1, 0.15) is 11.5 Å². The van der Waals surface area contributed by atoms with Crippen molar-refractivity contribution in [3.05, 3.63) is 223 Å². The standard InChI is InChI=1S/C52H34N4/c1-5-15-38(16-6-1)47-48-39-29-27-35(28-30-39)44-25-13-23-37-24-14-26-45(46(37)44)36-31-33-43(34-32-36)52(56(48)51(53-47)42-21-11-4-12-22-42)49(40-17-7-2-8-18-40)54-50(55-52)41-19-9-3-10-20-41/h1-34H. The van der Waals surface area contributed by atoms with E-state index in [1.165, 1.54) is 21.9 Å². The van der Waals surface area contributed by atoms with E-state index in [1.807, 2.05) is 18.2 Å². The Balaban J connectivity index is 1.35. The summed E-state index contributed by atoms with van der Waals surface area (Å²) in [5.41, 5.74) is 12.2. The lowest BCUT2D eigenvalue weighted by atomic mass is 9.86. The van der Waals surface area contributed by atoms with Crippen LogP contribution in [0.25, 0.3) is 66.9 Å². The lowest BCUT2D eigenvalue weighted by Gasteiger charge is -2.34. The number of amidine groups is 1. The van der Waals surface area contributed by atoms with Crippen LogP contribution in [0.5, 0.6) is 0 Å². The maximum Gasteiger partial charge on any atom is 0.209 e. The minimum Gasteiger partial charge on any atom is -0.288 e. The predicted octanol–water partition coefficient (Wildman–Crippen LogP) is 12.3. The molecule has 262 valence electrons. The van der Waals surface area contributed by atoms with Crippen molar-refractivity contribution < 1.29 is 0 Å². The highest BCUT2D eigenvalue weighted by molar-refractivity contribution is 6.21. The van der Waals surface area contributed by atoms with Crippen LogP contribution in [0.2, 0.25) is 0 Å². The summed E-state index contributed by atoms with van der Waals surface area (Å²) in [7, 11) is 0. The largest absolute Gasteiger partial charge is 0.288 e. The summed E-state index contributed by atoms with van der Waals surface area (Å²) in [6.45, 7) is 0. The van der Waals surface area contributed by atoms with Gasteiger partial charge in [-0.25, -0.2) is 15.0 Å². The number of aromatic nitrogens is 2. The Labute approximate surface area is 325 Å². The number of rotatable bonds is 4. The van der Waals surface area contributed by atoms with Crippen LogP contribution in [-0.4, -0.2) is 21.1 Å². The topological polar surface area (TPSA) is 42.5 Å². The first-order valence-corrected chi connectivity index (χ1v) is 19.0. The fourth-order valence-electron chi connectivity index (χ4n) is 8.57. The Morgan fingerprint density at radius 1 is 0.393 bits per heavy atom. The van der Waals surface area contributed by atoms with E-state index < -0.39 is 5.66 Å². The van der Waals surface area contributed by atoms with Crippen molar-refractivity contribution in [3.63, 3.8) is 0 Å². The van der Waals surface area contributed by atoms with Gasteiger partial charge in [0.15, 0.2) is 5.84 Å². The van der Waals surface area contributed by atoms with Gasteiger partial charge in [-0.2, -0.15) is 0 Å². The number of benzene rings is 8. The number of nitrogens with zero attached hydrogens (tertiary/aromatic N) is 4. The number of aliphatic imine (C=N–C) groups is 2. The lowest BCUT2D eigenvalue weighted by molar-refractivity contribution is 0.526. The van der Waals surface area contributed by atoms with Gasteiger partial charge in [-0.1, -0.05) is 206 Å². The average molecular weight is 715 g/mol. The van der Waals surface area contributed by atoms with Crippen molar-refractivity contribution in [2.24, 2.45) is 9.98 Å². The molecule has 8 aromatic carbocycles. The maximum absolute atomic E-state index is 5.87. The van der Waals surface area contributed by atoms with Crippen LogP contribution in [0.3, 0.4) is 0 Å². The molecule has 0 saturated carbocycles. The van der Waals surface area contributed by atoms with Crippen molar-refractivity contribution in [1.82, 2.24) is 9.55 Å². The van der Waals surface area contributed by atoms with Crippen LogP contribution in [0.4, 0.5) is 0 Å². The van der Waals surface area contributed by atoms with E-state index in [2.05, 4.69) is 193 Å². The van der Waals surface area contributed by atoms with E-state index in [4.69, 9.17) is 15.0 Å². The molecule has 0 N–H and O–H groups in total. The molecule has 1 spiro atoms. The van der Waals surface area contributed by atoms with E-state index in [0.717, 1.165) is 67.4 Å². The molecule has 0 saturated heterocycles. The zero-order valence-electron chi connectivity index (χ0n) is 30.4. The Morgan fingerprint density at radius 2 is 0.893 bits per heavy atom. The van der Waals surface area contributed by atoms with Gasteiger partial charge in [0.05, 0.1) is 11.4 Å². The summed E-state index contributed by atoms with van der Waals surface area (Å²) < 4.78 is 2.37. The lowest BCUT2D eigenvalue weighted by Crippen LogP contribution is -2.41. The highest BCUT2D eigenvalue weighted by atomic mass is 15.3. The van der Waals surface area contributed by atoms with Gasteiger partial charge in [-0.15, -0.1) is 0 Å². The van der Waals surface area contributed by atoms with Crippen LogP contribution in [0.15, 0.2) is 216 Å². The molecule has 0 aliphatic carbocycles. The van der Waals surface area contributed by atoms with Crippen LogP contribution >= 0.6 is 0 Å². The molecule has 6 heterocycles. The van der Waals surface area contributed by atoms with Gasteiger partial charge in [-0.3, -0.25) is 4.57 Å². The van der Waals surface area contributed by atoms with Gasteiger partial charge in [0.25, 0.3) is 0 Å². The van der Waals surface area contributed by atoms with Crippen molar-refractivity contribution >= 4 is 22.3 Å². The first kappa shape index (κ1) is 32.0. The fourth-order valence-corrected chi connectivity index (χ4v) is 8.57. The van der Waals surface area contributed by atoms with E-state index in [-0.39, 0.29) is 0 Å². The third-order valence-corrected chi connectivity index (χ3v) is 11.1. The zero-order chi connectivity index (χ0) is 37.1. The highest BCUT2D eigenvalue weighted by Gasteiger charge is 2.48. The van der Waals surface area contributed by atoms with Gasteiger partial charge in [0.2, 0.25) is 5.66 Å². The van der Waals surface area contributed by atoms with Crippen LogP contribution in [-0.2, 0) is 5.66 Å². The van der Waals surface area contributed by atoms with E-state index >= 15 is 0 Å². The molecule has 9 aromatic rings. The molecule has 14 rings (SSSR count). The number of imidazole rings is 1. The number of hydrogen-bond donors (Lipinski definition) is 0.